The maximum absolute atomic E-state index is 11.7. The third kappa shape index (κ3) is 3.48. The van der Waals surface area contributed by atoms with E-state index >= 15 is 0 Å². The molecule has 0 saturated carbocycles. The van der Waals surface area contributed by atoms with Crippen LogP contribution in [0.5, 0.6) is 0 Å². The van der Waals surface area contributed by atoms with Crippen LogP contribution in [0.3, 0.4) is 0 Å². The van der Waals surface area contributed by atoms with E-state index < -0.39 is 4.92 Å². The molecule has 0 aliphatic carbocycles. The molecule has 0 aliphatic rings. The third-order valence-corrected chi connectivity index (χ3v) is 2.36. The zero-order valence-corrected chi connectivity index (χ0v) is 9.67. The largest absolute Gasteiger partial charge is 0.299 e. The second kappa shape index (κ2) is 5.34. The molecule has 1 rings (SSSR count). The molecule has 1 aromatic carbocycles. The predicted octanol–water partition coefficient (Wildman–Crippen LogP) is 2.39. The Labute approximate surface area is 98.6 Å². The number of nitrogens with zero attached hydrogens (tertiary/aromatic N) is 1. The summed E-state index contributed by atoms with van der Waals surface area (Å²) in [5.41, 5.74) is 0.0565. The summed E-state index contributed by atoms with van der Waals surface area (Å²) in [6.45, 7) is 3.42. The molecule has 90 valence electrons. The van der Waals surface area contributed by atoms with Crippen LogP contribution >= 0.6 is 0 Å². The van der Waals surface area contributed by atoms with E-state index in [1.807, 2.05) is 0 Å². The monoisotopic (exact) mass is 235 g/mol. The van der Waals surface area contributed by atoms with Crippen molar-refractivity contribution in [2.24, 2.45) is 5.92 Å². The fourth-order valence-electron chi connectivity index (χ4n) is 1.26. The molecule has 0 bridgehead atoms. The number of nitro benzene ring substituents is 1. The van der Waals surface area contributed by atoms with Crippen molar-refractivity contribution in [3.05, 3.63) is 39.9 Å². The first-order chi connectivity index (χ1) is 7.91. The fourth-order valence-corrected chi connectivity index (χ4v) is 1.26. The number of ketones is 2. The van der Waals surface area contributed by atoms with E-state index in [0.717, 1.165) is 0 Å². The molecule has 5 nitrogen and oxygen atoms in total. The van der Waals surface area contributed by atoms with Crippen molar-refractivity contribution in [3.63, 3.8) is 0 Å². The zero-order valence-electron chi connectivity index (χ0n) is 9.67. The summed E-state index contributed by atoms with van der Waals surface area (Å²) in [7, 11) is 0. The van der Waals surface area contributed by atoms with Crippen LogP contribution in [0.15, 0.2) is 24.3 Å². The number of carbonyl (C=O) groups excluding carboxylic acids is 2. The molecule has 0 aromatic heterocycles. The Morgan fingerprint density at radius 2 is 2.00 bits per heavy atom. The summed E-state index contributed by atoms with van der Waals surface area (Å²) in [5.74, 6) is -0.758. The Morgan fingerprint density at radius 1 is 1.35 bits per heavy atom. The van der Waals surface area contributed by atoms with Crippen LogP contribution in [0, 0.1) is 16.0 Å². The van der Waals surface area contributed by atoms with Crippen LogP contribution in [0.1, 0.15) is 30.6 Å². The van der Waals surface area contributed by atoms with E-state index in [0.29, 0.717) is 0 Å². The number of carbonyl (C=O) groups is 2. The highest BCUT2D eigenvalue weighted by molar-refractivity contribution is 6.08. The highest BCUT2D eigenvalue weighted by atomic mass is 16.6. The second-order valence-electron chi connectivity index (χ2n) is 4.03. The number of non-ortho nitro benzene ring substituents is 1. The number of hydrogen-bond acceptors (Lipinski definition) is 4. The lowest BCUT2D eigenvalue weighted by atomic mass is 10.00. The molecule has 1 aromatic rings. The van der Waals surface area contributed by atoms with E-state index in [4.69, 9.17) is 0 Å². The molecule has 0 N–H and O–H groups in total. The molecule has 0 radical (unpaired) electrons. The maximum Gasteiger partial charge on any atom is 0.270 e. The van der Waals surface area contributed by atoms with E-state index in [9.17, 15) is 19.7 Å². The highest BCUT2D eigenvalue weighted by Crippen LogP contribution is 2.15. The van der Waals surface area contributed by atoms with Gasteiger partial charge in [-0.05, 0) is 0 Å². The maximum atomic E-state index is 11.7. The molecule has 0 aliphatic heterocycles. The van der Waals surface area contributed by atoms with Crippen molar-refractivity contribution in [2.45, 2.75) is 20.3 Å². The van der Waals surface area contributed by atoms with Gasteiger partial charge in [0.05, 0.1) is 11.3 Å². The molecule has 0 fully saturated rings. The van der Waals surface area contributed by atoms with Crippen molar-refractivity contribution in [2.75, 3.05) is 0 Å². The average molecular weight is 235 g/mol. The van der Waals surface area contributed by atoms with Crippen molar-refractivity contribution in [1.29, 1.82) is 0 Å². The number of Topliss-reactive ketones (excluding diaryl/α,β-unsaturated/α-hetero) is 2. The van der Waals surface area contributed by atoms with Crippen molar-refractivity contribution < 1.29 is 14.5 Å². The van der Waals surface area contributed by atoms with Gasteiger partial charge in [0.15, 0.2) is 5.78 Å². The average Bonchev–Trinajstić information content (AvgIpc) is 2.28. The fraction of sp³-hybridized carbons (Fsp3) is 0.333. The van der Waals surface area contributed by atoms with Gasteiger partial charge in [-0.25, -0.2) is 0 Å². The van der Waals surface area contributed by atoms with Gasteiger partial charge in [-0.15, -0.1) is 0 Å². The number of benzene rings is 1. The molecule has 0 heterocycles. The Kier molecular flexibility index (Phi) is 4.09. The van der Waals surface area contributed by atoms with Crippen molar-refractivity contribution in [1.82, 2.24) is 0 Å². The minimum atomic E-state index is -0.568. The van der Waals surface area contributed by atoms with Crippen LogP contribution in [0.25, 0.3) is 0 Å². The summed E-state index contributed by atoms with van der Waals surface area (Å²) < 4.78 is 0. The molecule has 0 atom stereocenters. The van der Waals surface area contributed by atoms with Gasteiger partial charge < -0.3 is 0 Å². The third-order valence-electron chi connectivity index (χ3n) is 2.36. The van der Waals surface area contributed by atoms with E-state index in [2.05, 4.69) is 0 Å². The van der Waals surface area contributed by atoms with Gasteiger partial charge in [-0.3, -0.25) is 19.7 Å². The Balaban J connectivity index is 2.86. The lowest BCUT2D eigenvalue weighted by Crippen LogP contribution is -2.13. The van der Waals surface area contributed by atoms with Gasteiger partial charge in [0.25, 0.3) is 5.69 Å². The SMILES string of the molecule is CC(C)C(=O)CC(=O)c1cccc([N+](=O)[O-])c1. The van der Waals surface area contributed by atoms with Gasteiger partial charge in [0.2, 0.25) is 0 Å². The van der Waals surface area contributed by atoms with Crippen molar-refractivity contribution >= 4 is 17.3 Å². The minimum absolute atomic E-state index is 0.146. The standard InChI is InChI=1S/C12H13NO4/c1-8(2)11(14)7-12(15)9-4-3-5-10(6-9)13(16)17/h3-6,8H,7H2,1-2H3. The first kappa shape index (κ1) is 13.0. The molecule has 0 unspecified atom stereocenters. The Morgan fingerprint density at radius 3 is 2.53 bits per heavy atom. The van der Waals surface area contributed by atoms with E-state index in [1.54, 1.807) is 13.8 Å². The van der Waals surface area contributed by atoms with Gasteiger partial charge in [-0.2, -0.15) is 0 Å². The second-order valence-corrected chi connectivity index (χ2v) is 4.03. The van der Waals surface area contributed by atoms with Crippen LogP contribution in [-0.4, -0.2) is 16.5 Å². The molecule has 0 amide bonds. The Bertz CT molecular complexity index is 465. The summed E-state index contributed by atoms with van der Waals surface area (Å²) in [6, 6.07) is 5.41. The van der Waals surface area contributed by atoms with Gasteiger partial charge in [-0.1, -0.05) is 26.0 Å². The minimum Gasteiger partial charge on any atom is -0.299 e. The predicted molar refractivity (Wildman–Crippen MR) is 61.9 cm³/mol. The molecule has 5 heteroatoms. The molecule has 17 heavy (non-hydrogen) atoms. The van der Waals surface area contributed by atoms with Crippen LogP contribution in [0.4, 0.5) is 5.69 Å². The molecular weight excluding hydrogens is 222 g/mol. The van der Waals surface area contributed by atoms with Gasteiger partial charge in [0, 0.05) is 23.6 Å². The normalized spacial score (nSPS) is 10.3. The van der Waals surface area contributed by atoms with Crippen LogP contribution < -0.4 is 0 Å². The van der Waals surface area contributed by atoms with Gasteiger partial charge >= 0.3 is 0 Å². The molecule has 0 spiro atoms. The van der Waals surface area contributed by atoms with Gasteiger partial charge in [0.1, 0.15) is 5.78 Å². The first-order valence-corrected chi connectivity index (χ1v) is 5.22. The van der Waals surface area contributed by atoms with E-state index in [-0.39, 0.29) is 35.2 Å². The summed E-state index contributed by atoms with van der Waals surface area (Å²) in [4.78, 5) is 33.0. The van der Waals surface area contributed by atoms with Crippen LogP contribution in [-0.2, 0) is 4.79 Å². The summed E-state index contributed by atoms with van der Waals surface area (Å²) in [6.07, 6.45) is -0.209. The highest BCUT2D eigenvalue weighted by Gasteiger charge is 2.16. The zero-order chi connectivity index (χ0) is 13.0. The lowest BCUT2D eigenvalue weighted by Gasteiger charge is -2.03. The first-order valence-electron chi connectivity index (χ1n) is 5.22. The number of hydrogen-bond donors (Lipinski definition) is 0. The summed E-state index contributed by atoms with van der Waals surface area (Å²) >= 11 is 0. The lowest BCUT2D eigenvalue weighted by molar-refractivity contribution is -0.384. The number of nitro groups is 1. The Hall–Kier alpha value is -2.04. The number of rotatable bonds is 5. The quantitative estimate of drug-likeness (QED) is 0.340. The molecular formula is C12H13NO4. The smallest absolute Gasteiger partial charge is 0.270 e. The molecule has 0 saturated heterocycles. The van der Waals surface area contributed by atoms with Crippen LogP contribution in [0.2, 0.25) is 0 Å². The van der Waals surface area contributed by atoms with Crippen molar-refractivity contribution in [3.8, 4) is 0 Å². The summed E-state index contributed by atoms with van der Waals surface area (Å²) in [5, 5.41) is 10.5. The topological polar surface area (TPSA) is 77.3 Å². The van der Waals surface area contributed by atoms with E-state index in [1.165, 1.54) is 24.3 Å².